The molecule has 0 aromatic carbocycles. The zero-order valence-corrected chi connectivity index (χ0v) is 1.22. The molecule has 0 atom stereocenters. The molecule has 0 bridgehead atoms. The van der Waals surface area contributed by atoms with Gasteiger partial charge in [-0.3, -0.25) is 14.1 Å². The zero-order chi connectivity index (χ0) is 0. The molecule has 0 fully saturated rings. The molecule has 0 nitrogen and oxygen atoms in total. The first-order chi connectivity index (χ1) is 0. The molecule has 0 spiro atoms. The summed E-state index contributed by atoms with van der Waals surface area (Å²) < 4.78 is 0. The van der Waals surface area contributed by atoms with Crippen molar-refractivity contribution in [2.75, 3.05) is 0 Å². The van der Waals surface area contributed by atoms with Crippen LogP contribution in [0.4, 0.5) is 14.1 Å². The predicted molar refractivity (Wildman–Crippen MR) is 26.0 cm³/mol. The van der Waals surface area contributed by atoms with Crippen molar-refractivity contribution in [2.45, 2.75) is 0 Å². The third-order valence-electron chi connectivity index (χ3n) is 0. The molecule has 0 aliphatic rings. The predicted octanol–water partition coefficient (Wildman–Crippen LogP) is -1.64. The SMILES string of the molecule is F.F.F.[AlH3].[SrH2]. The average Bonchev–Trinajstić information content (AvgIpc) is 0. The topological polar surface area (TPSA) is 0 Å². The minimum absolute atomic E-state index is 0. The van der Waals surface area contributed by atoms with Crippen LogP contribution in [0.1, 0.15) is 0 Å². The molecule has 0 amide bonds. The van der Waals surface area contributed by atoms with E-state index in [9.17, 15) is 0 Å². The molecule has 0 heterocycles. The minimum atomic E-state index is 0. The molecule has 0 N–H and O–H groups in total. The van der Waals surface area contributed by atoms with Gasteiger partial charge >= 0.3 is 45.5 Å². The Morgan fingerprint density at radius 3 is 0.600 bits per heavy atom. The van der Waals surface area contributed by atoms with Gasteiger partial charge in [0.25, 0.3) is 0 Å². The summed E-state index contributed by atoms with van der Waals surface area (Å²) in [6.07, 6.45) is 0. The maximum absolute atomic E-state index is 0. The van der Waals surface area contributed by atoms with Crippen LogP contribution in [-0.2, 0) is 0 Å². The average molecular weight is 180 g/mol. The van der Waals surface area contributed by atoms with E-state index in [0.29, 0.717) is 0 Å². The van der Waals surface area contributed by atoms with Crippen molar-refractivity contribution in [3.63, 3.8) is 0 Å². The van der Waals surface area contributed by atoms with Gasteiger partial charge in [0.1, 0.15) is 0 Å². The molecule has 0 aromatic heterocycles. The van der Waals surface area contributed by atoms with Gasteiger partial charge in [-0.2, -0.15) is 0 Å². The van der Waals surface area contributed by atoms with Gasteiger partial charge in [0, 0.05) is 0 Å². The van der Waals surface area contributed by atoms with E-state index in [-0.39, 0.29) is 77.0 Å². The van der Waals surface area contributed by atoms with E-state index in [0.717, 1.165) is 0 Å². The van der Waals surface area contributed by atoms with Gasteiger partial charge < -0.3 is 0 Å². The first-order valence-electron chi connectivity index (χ1n) is 0. The molecule has 0 saturated carbocycles. The summed E-state index contributed by atoms with van der Waals surface area (Å²) in [4.78, 5) is 0. The molecular formula is H8AlF3Sr. The molecule has 34 valence electrons. The summed E-state index contributed by atoms with van der Waals surface area (Å²) >= 11 is 0. The van der Waals surface area contributed by atoms with E-state index >= 15 is 0 Å². The van der Waals surface area contributed by atoms with E-state index < -0.39 is 0 Å². The molecule has 0 aromatic rings. The summed E-state index contributed by atoms with van der Waals surface area (Å²) in [5, 5.41) is 0. The van der Waals surface area contributed by atoms with E-state index in [1.165, 1.54) is 0 Å². The van der Waals surface area contributed by atoms with E-state index in [1.807, 2.05) is 0 Å². The van der Waals surface area contributed by atoms with Crippen LogP contribution in [0.3, 0.4) is 0 Å². The van der Waals surface area contributed by atoms with Crippen molar-refractivity contribution in [1.29, 1.82) is 0 Å². The molecule has 0 aliphatic heterocycles. The molecule has 5 heavy (non-hydrogen) atoms. The van der Waals surface area contributed by atoms with Crippen LogP contribution in [0.25, 0.3) is 0 Å². The fraction of sp³-hybridized carbons (Fsp3) is 0. The van der Waals surface area contributed by atoms with Crippen molar-refractivity contribution in [3.05, 3.63) is 0 Å². The van der Waals surface area contributed by atoms with Crippen molar-refractivity contribution in [3.8, 4) is 0 Å². The van der Waals surface area contributed by atoms with Crippen LogP contribution >= 0.6 is 0 Å². The number of hydrogen-bond acceptors (Lipinski definition) is 0. The number of hydrogen-bond donors (Lipinski definition) is 0. The zero-order valence-electron chi connectivity index (χ0n) is 1.22. The quantitative estimate of drug-likeness (QED) is 0.392. The fourth-order valence-electron chi connectivity index (χ4n) is 0. The first kappa shape index (κ1) is 70.5. The number of rotatable bonds is 0. The molecule has 0 aliphatic carbocycles. The normalized spacial score (nSPS) is 0. The summed E-state index contributed by atoms with van der Waals surface area (Å²) in [6, 6.07) is 0. The monoisotopic (exact) mass is 180 g/mol. The Labute approximate surface area is 75.8 Å². The molecule has 5 heteroatoms. The Hall–Kier alpha value is 1.80. The summed E-state index contributed by atoms with van der Waals surface area (Å²) in [5.74, 6) is 0. The summed E-state index contributed by atoms with van der Waals surface area (Å²) in [5.41, 5.74) is 0. The van der Waals surface area contributed by atoms with Crippen LogP contribution in [0, 0.1) is 0 Å². The van der Waals surface area contributed by atoms with Gasteiger partial charge in [0.15, 0.2) is 17.4 Å². The van der Waals surface area contributed by atoms with Crippen LogP contribution in [0.5, 0.6) is 0 Å². The Kier molecular flexibility index (Phi) is 580. The van der Waals surface area contributed by atoms with Crippen molar-refractivity contribution in [1.82, 2.24) is 0 Å². The van der Waals surface area contributed by atoms with Crippen LogP contribution in [-0.4, -0.2) is 62.8 Å². The second-order valence-electron chi connectivity index (χ2n) is 0. The van der Waals surface area contributed by atoms with Gasteiger partial charge in [-0.25, -0.2) is 0 Å². The van der Waals surface area contributed by atoms with Gasteiger partial charge in [-0.05, 0) is 0 Å². The second-order valence-corrected chi connectivity index (χ2v) is 0. The first-order valence-corrected chi connectivity index (χ1v) is 0. The summed E-state index contributed by atoms with van der Waals surface area (Å²) in [6.45, 7) is 0. The Bertz CT molecular complexity index is 6.85. The molecular weight excluding hydrogens is 172 g/mol. The maximum atomic E-state index is 0. The Balaban J connectivity index is 0. The van der Waals surface area contributed by atoms with Gasteiger partial charge in [0.2, 0.25) is 0 Å². The Morgan fingerprint density at radius 2 is 0.600 bits per heavy atom. The molecule has 0 radical (unpaired) electrons. The van der Waals surface area contributed by atoms with E-state index in [2.05, 4.69) is 0 Å². The van der Waals surface area contributed by atoms with Gasteiger partial charge in [0.05, 0.1) is 0 Å². The molecule has 0 rings (SSSR count). The third-order valence-corrected chi connectivity index (χ3v) is 0. The third kappa shape index (κ3) is 25.8. The molecule has 0 saturated heterocycles. The van der Waals surface area contributed by atoms with E-state index in [4.69, 9.17) is 0 Å². The van der Waals surface area contributed by atoms with Crippen LogP contribution < -0.4 is 0 Å². The summed E-state index contributed by atoms with van der Waals surface area (Å²) in [7, 11) is 0. The van der Waals surface area contributed by atoms with Crippen molar-refractivity contribution < 1.29 is 14.1 Å². The second kappa shape index (κ2) is 41.2. The fourth-order valence-corrected chi connectivity index (χ4v) is 0. The number of halogens is 3. The van der Waals surface area contributed by atoms with Gasteiger partial charge in [-0.15, -0.1) is 0 Å². The van der Waals surface area contributed by atoms with Crippen molar-refractivity contribution >= 4 is 62.8 Å². The standard InChI is InChI=1S/Al.3FH.Sr.5H/h;3*1H;;;;;;. The van der Waals surface area contributed by atoms with Gasteiger partial charge in [-0.1, -0.05) is 0 Å². The molecule has 0 unspecified atom stereocenters. The van der Waals surface area contributed by atoms with Crippen molar-refractivity contribution in [2.24, 2.45) is 0 Å². The Morgan fingerprint density at radius 1 is 0.600 bits per heavy atom. The van der Waals surface area contributed by atoms with E-state index in [1.54, 1.807) is 0 Å². The van der Waals surface area contributed by atoms with Crippen LogP contribution in [0.15, 0.2) is 0 Å². The van der Waals surface area contributed by atoms with Crippen LogP contribution in [0.2, 0.25) is 0 Å².